The van der Waals surface area contributed by atoms with Gasteiger partial charge in [0.2, 0.25) is 0 Å². The lowest BCUT2D eigenvalue weighted by Crippen LogP contribution is -2.36. The van der Waals surface area contributed by atoms with Crippen molar-refractivity contribution in [3.05, 3.63) is 29.0 Å². The summed E-state index contributed by atoms with van der Waals surface area (Å²) >= 11 is 6.14. The van der Waals surface area contributed by atoms with E-state index < -0.39 is 0 Å². The molecule has 0 spiro atoms. The van der Waals surface area contributed by atoms with Crippen molar-refractivity contribution < 1.29 is 0 Å². The fraction of sp³-hybridized carbons (Fsp3) is 0.643. The van der Waals surface area contributed by atoms with E-state index >= 15 is 0 Å². The van der Waals surface area contributed by atoms with Gasteiger partial charge in [0.15, 0.2) is 0 Å². The van der Waals surface area contributed by atoms with Crippen molar-refractivity contribution in [2.45, 2.75) is 26.3 Å². The monoisotopic (exact) mass is 267 g/mol. The van der Waals surface area contributed by atoms with Gasteiger partial charge in [-0.05, 0) is 56.6 Å². The van der Waals surface area contributed by atoms with Crippen LogP contribution in [0.15, 0.2) is 18.5 Å². The second kappa shape index (κ2) is 7.07. The predicted molar refractivity (Wildman–Crippen MR) is 75.8 cm³/mol. The number of piperidine rings is 1. The quantitative estimate of drug-likeness (QED) is 0.889. The maximum absolute atomic E-state index is 6.14. The number of pyridine rings is 1. The first-order valence-electron chi connectivity index (χ1n) is 6.81. The maximum atomic E-state index is 6.14. The Morgan fingerprint density at radius 3 is 2.89 bits per heavy atom. The lowest BCUT2D eigenvalue weighted by atomic mass is 9.96. The summed E-state index contributed by atoms with van der Waals surface area (Å²) in [7, 11) is 0. The second-order valence-corrected chi connectivity index (χ2v) is 5.40. The van der Waals surface area contributed by atoms with Gasteiger partial charge in [0, 0.05) is 18.9 Å². The van der Waals surface area contributed by atoms with Gasteiger partial charge < -0.3 is 5.32 Å². The highest BCUT2D eigenvalue weighted by Crippen LogP contribution is 2.21. The van der Waals surface area contributed by atoms with E-state index in [4.69, 9.17) is 11.6 Å². The smallest absolute Gasteiger partial charge is 0.0634 e. The first-order chi connectivity index (χ1) is 8.79. The Hall–Kier alpha value is -0.640. The number of halogens is 1. The molecule has 4 heteroatoms. The normalized spacial score (nSPS) is 18.1. The standard InChI is InChI=1S/C14H22ClN3/c1-2-16-9-12-4-7-18(8-5-12)11-13-3-6-17-10-14(13)15/h3,6,10,12,16H,2,4-5,7-9,11H2,1H3. The number of aromatic nitrogens is 1. The van der Waals surface area contributed by atoms with Gasteiger partial charge in [-0.25, -0.2) is 0 Å². The molecule has 1 N–H and O–H groups in total. The van der Waals surface area contributed by atoms with Crippen molar-refractivity contribution >= 4 is 11.6 Å². The Morgan fingerprint density at radius 1 is 1.44 bits per heavy atom. The van der Waals surface area contributed by atoms with Gasteiger partial charge in [-0.2, -0.15) is 0 Å². The van der Waals surface area contributed by atoms with Crippen molar-refractivity contribution in [2.75, 3.05) is 26.2 Å². The van der Waals surface area contributed by atoms with Crippen LogP contribution in [0.3, 0.4) is 0 Å². The van der Waals surface area contributed by atoms with Gasteiger partial charge in [0.05, 0.1) is 5.02 Å². The molecule has 0 aromatic carbocycles. The average molecular weight is 268 g/mol. The van der Waals surface area contributed by atoms with Crippen molar-refractivity contribution in [3.63, 3.8) is 0 Å². The Bertz CT molecular complexity index is 362. The molecule has 100 valence electrons. The molecule has 0 unspecified atom stereocenters. The maximum Gasteiger partial charge on any atom is 0.0634 e. The third kappa shape index (κ3) is 3.94. The van der Waals surface area contributed by atoms with Crippen LogP contribution in [-0.4, -0.2) is 36.1 Å². The first-order valence-corrected chi connectivity index (χ1v) is 7.19. The molecule has 0 saturated carbocycles. The third-order valence-electron chi connectivity index (χ3n) is 3.64. The Kier molecular flexibility index (Phi) is 5.42. The summed E-state index contributed by atoms with van der Waals surface area (Å²) in [6, 6.07) is 2.02. The zero-order valence-electron chi connectivity index (χ0n) is 11.0. The summed E-state index contributed by atoms with van der Waals surface area (Å²) in [4.78, 5) is 6.51. The van der Waals surface area contributed by atoms with Gasteiger partial charge in [-0.15, -0.1) is 0 Å². The average Bonchev–Trinajstić information content (AvgIpc) is 2.41. The molecule has 2 rings (SSSR count). The van der Waals surface area contributed by atoms with Crippen molar-refractivity contribution in [1.29, 1.82) is 0 Å². The molecule has 1 aromatic rings. The van der Waals surface area contributed by atoms with Crippen molar-refractivity contribution in [1.82, 2.24) is 15.2 Å². The van der Waals surface area contributed by atoms with Gasteiger partial charge in [-0.1, -0.05) is 18.5 Å². The summed E-state index contributed by atoms with van der Waals surface area (Å²) in [5.74, 6) is 0.842. The van der Waals surface area contributed by atoms with E-state index in [1.54, 1.807) is 6.20 Å². The minimum Gasteiger partial charge on any atom is -0.317 e. The molecule has 0 radical (unpaired) electrons. The molecule has 0 amide bonds. The molecule has 1 saturated heterocycles. The van der Waals surface area contributed by atoms with E-state index in [9.17, 15) is 0 Å². The molecule has 3 nitrogen and oxygen atoms in total. The van der Waals surface area contributed by atoms with E-state index in [1.165, 1.54) is 38.0 Å². The molecule has 1 aliphatic heterocycles. The van der Waals surface area contributed by atoms with Crippen LogP contribution < -0.4 is 5.32 Å². The number of likely N-dealkylation sites (tertiary alicyclic amines) is 1. The van der Waals surface area contributed by atoms with Crippen LogP contribution in [0.2, 0.25) is 5.02 Å². The first kappa shape index (κ1) is 13.8. The summed E-state index contributed by atoms with van der Waals surface area (Å²) in [5.41, 5.74) is 1.19. The molecule has 1 aliphatic rings. The van der Waals surface area contributed by atoms with Gasteiger partial charge >= 0.3 is 0 Å². The van der Waals surface area contributed by atoms with Crippen molar-refractivity contribution in [2.24, 2.45) is 5.92 Å². The van der Waals surface area contributed by atoms with Crippen LogP contribution in [0, 0.1) is 5.92 Å². The minimum atomic E-state index is 0.785. The zero-order chi connectivity index (χ0) is 12.8. The number of nitrogens with one attached hydrogen (secondary N) is 1. The number of hydrogen-bond acceptors (Lipinski definition) is 3. The van der Waals surface area contributed by atoms with Crippen LogP contribution >= 0.6 is 11.6 Å². The summed E-state index contributed by atoms with van der Waals surface area (Å²) in [5, 5.41) is 4.23. The van der Waals surface area contributed by atoms with Crippen molar-refractivity contribution in [3.8, 4) is 0 Å². The van der Waals surface area contributed by atoms with E-state index in [2.05, 4.69) is 22.1 Å². The lowest BCUT2D eigenvalue weighted by molar-refractivity contribution is 0.176. The molecule has 0 bridgehead atoms. The second-order valence-electron chi connectivity index (χ2n) is 4.99. The van der Waals surface area contributed by atoms with Crippen LogP contribution in [0.5, 0.6) is 0 Å². The van der Waals surface area contributed by atoms with Crippen LogP contribution in [0.1, 0.15) is 25.3 Å². The molecule has 0 aliphatic carbocycles. The lowest BCUT2D eigenvalue weighted by Gasteiger charge is -2.32. The summed E-state index contributed by atoms with van der Waals surface area (Å²) in [6.45, 7) is 7.71. The highest BCUT2D eigenvalue weighted by Gasteiger charge is 2.19. The van der Waals surface area contributed by atoms with Gasteiger partial charge in [0.25, 0.3) is 0 Å². The molecule has 2 heterocycles. The van der Waals surface area contributed by atoms with E-state index in [0.29, 0.717) is 0 Å². The van der Waals surface area contributed by atoms with Gasteiger partial charge in [0.1, 0.15) is 0 Å². The molecule has 1 aromatic heterocycles. The number of nitrogens with zero attached hydrogens (tertiary/aromatic N) is 2. The number of rotatable bonds is 5. The van der Waals surface area contributed by atoms with Gasteiger partial charge in [-0.3, -0.25) is 9.88 Å². The Labute approximate surface area is 115 Å². The number of hydrogen-bond donors (Lipinski definition) is 1. The van der Waals surface area contributed by atoms with E-state index in [0.717, 1.165) is 24.0 Å². The zero-order valence-corrected chi connectivity index (χ0v) is 11.8. The van der Waals surface area contributed by atoms with E-state index in [-0.39, 0.29) is 0 Å². The summed E-state index contributed by atoms with van der Waals surface area (Å²) in [6.07, 6.45) is 6.12. The SMILES string of the molecule is CCNCC1CCN(Cc2ccncc2Cl)CC1. The molecular weight excluding hydrogens is 246 g/mol. The molecule has 0 atom stereocenters. The third-order valence-corrected chi connectivity index (χ3v) is 3.98. The Balaban J connectivity index is 1.78. The summed E-state index contributed by atoms with van der Waals surface area (Å²) < 4.78 is 0. The van der Waals surface area contributed by atoms with Crippen LogP contribution in [0.25, 0.3) is 0 Å². The fourth-order valence-corrected chi connectivity index (χ4v) is 2.65. The Morgan fingerprint density at radius 2 is 2.22 bits per heavy atom. The largest absolute Gasteiger partial charge is 0.317 e. The molecule has 1 fully saturated rings. The van der Waals surface area contributed by atoms with Crippen LogP contribution in [0.4, 0.5) is 0 Å². The molecular formula is C14H22ClN3. The molecule has 18 heavy (non-hydrogen) atoms. The minimum absolute atomic E-state index is 0.785. The highest BCUT2D eigenvalue weighted by molar-refractivity contribution is 6.31. The highest BCUT2D eigenvalue weighted by atomic mass is 35.5. The van der Waals surface area contributed by atoms with E-state index in [1.807, 2.05) is 12.3 Å². The fourth-order valence-electron chi connectivity index (χ4n) is 2.47. The van der Waals surface area contributed by atoms with Crippen LogP contribution in [-0.2, 0) is 6.54 Å². The topological polar surface area (TPSA) is 28.2 Å². The predicted octanol–water partition coefficient (Wildman–Crippen LogP) is 2.56.